The summed E-state index contributed by atoms with van der Waals surface area (Å²) < 4.78 is 0. The first-order valence-electron chi connectivity index (χ1n) is 5.15. The van der Waals surface area contributed by atoms with Gasteiger partial charge >= 0.3 is 0 Å². The molecule has 1 N–H and O–H groups in total. The fourth-order valence-electron chi connectivity index (χ4n) is 1.47. The molecule has 2 aromatic rings. The summed E-state index contributed by atoms with van der Waals surface area (Å²) in [6.07, 6.45) is 0. The number of nitrogens with zero attached hydrogens (tertiary/aromatic N) is 1. The molecule has 3 nitrogen and oxygen atoms in total. The number of amides is 1. The lowest BCUT2D eigenvalue weighted by molar-refractivity contribution is 0.102. The maximum atomic E-state index is 12.0. The quantitative estimate of drug-likeness (QED) is 0.906. The van der Waals surface area contributed by atoms with Gasteiger partial charge in [0.2, 0.25) is 0 Å². The van der Waals surface area contributed by atoms with Gasteiger partial charge in [-0.05, 0) is 36.1 Å². The lowest BCUT2D eigenvalue weighted by atomic mass is 10.2. The first-order valence-corrected chi connectivity index (χ1v) is 6.47. The molecule has 0 aliphatic carbocycles. The monoisotopic (exact) mass is 276 g/mol. The van der Waals surface area contributed by atoms with Crippen molar-refractivity contribution in [2.24, 2.45) is 0 Å². The summed E-state index contributed by atoms with van der Waals surface area (Å²) >= 11 is 7.45. The maximum absolute atomic E-state index is 12.0. The Hall–Kier alpha value is -1.83. The smallest absolute Gasteiger partial charge is 0.256 e. The van der Waals surface area contributed by atoms with Gasteiger partial charge in [-0.1, -0.05) is 11.6 Å². The van der Waals surface area contributed by atoms with Gasteiger partial charge in [0.25, 0.3) is 5.91 Å². The molecule has 0 saturated heterocycles. The van der Waals surface area contributed by atoms with Crippen molar-refractivity contribution in [3.05, 3.63) is 50.7 Å². The number of nitrogens with one attached hydrogen (secondary N) is 1. The number of carbonyl (C=O) groups excluding carboxylic acids is 1. The fraction of sp³-hybridized carbons (Fsp3) is 0.0769. The molecule has 0 unspecified atom stereocenters. The van der Waals surface area contributed by atoms with Crippen molar-refractivity contribution in [1.82, 2.24) is 0 Å². The molecule has 0 aliphatic rings. The van der Waals surface area contributed by atoms with Crippen LogP contribution in [-0.2, 0) is 0 Å². The van der Waals surface area contributed by atoms with E-state index < -0.39 is 0 Å². The Morgan fingerprint density at radius 2 is 2.22 bits per heavy atom. The standard InChI is InChI=1S/C13H9ClN2OS/c1-8-6-18-7-10(8)13(17)16-12-4-9(5-15)2-3-11(12)14/h2-4,6-7H,1H3,(H,16,17). The number of hydrogen-bond acceptors (Lipinski definition) is 3. The maximum Gasteiger partial charge on any atom is 0.256 e. The van der Waals surface area contributed by atoms with Gasteiger partial charge < -0.3 is 5.32 Å². The van der Waals surface area contributed by atoms with Gasteiger partial charge in [0, 0.05) is 5.38 Å². The summed E-state index contributed by atoms with van der Waals surface area (Å²) in [4.78, 5) is 12.0. The second kappa shape index (κ2) is 5.21. The predicted molar refractivity (Wildman–Crippen MR) is 73.2 cm³/mol. The van der Waals surface area contributed by atoms with Gasteiger partial charge in [0.05, 0.1) is 27.9 Å². The predicted octanol–water partition coefficient (Wildman–Crippen LogP) is 3.83. The number of anilines is 1. The van der Waals surface area contributed by atoms with Crippen molar-refractivity contribution in [1.29, 1.82) is 5.26 Å². The van der Waals surface area contributed by atoms with Crippen LogP contribution in [0, 0.1) is 18.3 Å². The van der Waals surface area contributed by atoms with Crippen LogP contribution in [-0.4, -0.2) is 5.91 Å². The zero-order chi connectivity index (χ0) is 13.1. The molecule has 2 rings (SSSR count). The zero-order valence-electron chi connectivity index (χ0n) is 9.53. The third-order valence-corrected chi connectivity index (χ3v) is 3.63. The number of hydrogen-bond donors (Lipinski definition) is 1. The van der Waals surface area contributed by atoms with E-state index in [1.807, 2.05) is 18.4 Å². The second-order valence-corrected chi connectivity index (χ2v) is 4.88. The van der Waals surface area contributed by atoms with Crippen LogP contribution in [0.1, 0.15) is 21.5 Å². The fourth-order valence-corrected chi connectivity index (χ4v) is 2.47. The van der Waals surface area contributed by atoms with Crippen LogP contribution >= 0.6 is 22.9 Å². The Morgan fingerprint density at radius 1 is 1.44 bits per heavy atom. The first-order chi connectivity index (χ1) is 8.61. The Morgan fingerprint density at radius 3 is 2.83 bits per heavy atom. The summed E-state index contributed by atoms with van der Waals surface area (Å²) in [5.74, 6) is -0.217. The van der Waals surface area contributed by atoms with Crippen molar-refractivity contribution in [3.8, 4) is 6.07 Å². The van der Waals surface area contributed by atoms with Crippen molar-refractivity contribution < 1.29 is 4.79 Å². The molecule has 5 heteroatoms. The van der Waals surface area contributed by atoms with Crippen LogP contribution in [0.2, 0.25) is 5.02 Å². The van der Waals surface area contributed by atoms with E-state index in [0.29, 0.717) is 21.8 Å². The van der Waals surface area contributed by atoms with E-state index in [9.17, 15) is 4.79 Å². The average molecular weight is 277 g/mol. The van der Waals surface area contributed by atoms with Crippen LogP contribution in [0.15, 0.2) is 29.0 Å². The highest BCUT2D eigenvalue weighted by atomic mass is 35.5. The Kier molecular flexibility index (Phi) is 3.66. The molecule has 1 amide bonds. The van der Waals surface area contributed by atoms with Crippen LogP contribution in [0.4, 0.5) is 5.69 Å². The molecular weight excluding hydrogens is 268 g/mol. The molecule has 18 heavy (non-hydrogen) atoms. The van der Waals surface area contributed by atoms with E-state index in [4.69, 9.17) is 16.9 Å². The Balaban J connectivity index is 2.27. The summed E-state index contributed by atoms with van der Waals surface area (Å²) in [6, 6.07) is 6.76. The highest BCUT2D eigenvalue weighted by molar-refractivity contribution is 7.08. The number of rotatable bonds is 2. The third-order valence-electron chi connectivity index (χ3n) is 2.44. The van der Waals surface area contributed by atoms with Gasteiger partial charge in [-0.15, -0.1) is 0 Å². The van der Waals surface area contributed by atoms with E-state index in [1.54, 1.807) is 23.6 Å². The molecule has 0 atom stereocenters. The SMILES string of the molecule is Cc1cscc1C(=O)Nc1cc(C#N)ccc1Cl. The van der Waals surface area contributed by atoms with E-state index in [2.05, 4.69) is 5.32 Å². The Labute approximate surface area is 114 Å². The summed E-state index contributed by atoms with van der Waals surface area (Å²) in [5.41, 5.74) is 2.45. The zero-order valence-corrected chi connectivity index (χ0v) is 11.1. The lowest BCUT2D eigenvalue weighted by Gasteiger charge is -2.07. The van der Waals surface area contributed by atoms with E-state index in [1.165, 1.54) is 11.3 Å². The van der Waals surface area contributed by atoms with E-state index >= 15 is 0 Å². The highest BCUT2D eigenvalue weighted by Crippen LogP contribution is 2.24. The topological polar surface area (TPSA) is 52.9 Å². The second-order valence-electron chi connectivity index (χ2n) is 3.73. The van der Waals surface area contributed by atoms with Crippen molar-refractivity contribution in [2.45, 2.75) is 6.92 Å². The van der Waals surface area contributed by atoms with Crippen LogP contribution in [0.3, 0.4) is 0 Å². The van der Waals surface area contributed by atoms with Crippen molar-refractivity contribution in [2.75, 3.05) is 5.32 Å². The van der Waals surface area contributed by atoms with Gasteiger partial charge in [-0.25, -0.2) is 0 Å². The molecule has 0 spiro atoms. The minimum absolute atomic E-state index is 0.217. The molecular formula is C13H9ClN2OS. The van der Waals surface area contributed by atoms with E-state index in [0.717, 1.165) is 5.56 Å². The van der Waals surface area contributed by atoms with Crippen LogP contribution in [0.5, 0.6) is 0 Å². The normalized spacial score (nSPS) is 9.83. The number of thiophene rings is 1. The molecule has 1 heterocycles. The number of aryl methyl sites for hydroxylation is 1. The van der Waals surface area contributed by atoms with Crippen molar-refractivity contribution >= 4 is 34.5 Å². The van der Waals surface area contributed by atoms with Gasteiger partial charge in [-0.2, -0.15) is 16.6 Å². The van der Waals surface area contributed by atoms with E-state index in [-0.39, 0.29) is 5.91 Å². The summed E-state index contributed by atoms with van der Waals surface area (Å²) in [6.45, 7) is 1.87. The highest BCUT2D eigenvalue weighted by Gasteiger charge is 2.12. The first kappa shape index (κ1) is 12.6. The Bertz CT molecular complexity index is 643. The minimum atomic E-state index is -0.217. The minimum Gasteiger partial charge on any atom is -0.321 e. The molecule has 0 aliphatic heterocycles. The molecule has 1 aromatic heterocycles. The number of carbonyl (C=O) groups is 1. The van der Waals surface area contributed by atoms with Crippen LogP contribution < -0.4 is 5.32 Å². The van der Waals surface area contributed by atoms with Gasteiger partial charge in [0.15, 0.2) is 0 Å². The summed E-state index contributed by atoms with van der Waals surface area (Å²) in [7, 11) is 0. The number of nitriles is 1. The van der Waals surface area contributed by atoms with Gasteiger partial charge in [0.1, 0.15) is 0 Å². The largest absolute Gasteiger partial charge is 0.321 e. The molecule has 1 aromatic carbocycles. The van der Waals surface area contributed by atoms with Crippen molar-refractivity contribution in [3.63, 3.8) is 0 Å². The average Bonchev–Trinajstić information content (AvgIpc) is 2.78. The molecule has 0 saturated carbocycles. The van der Waals surface area contributed by atoms with Gasteiger partial charge in [-0.3, -0.25) is 4.79 Å². The number of halogens is 1. The lowest BCUT2D eigenvalue weighted by Crippen LogP contribution is -2.12. The molecule has 0 fully saturated rings. The number of benzene rings is 1. The third kappa shape index (κ3) is 2.53. The molecule has 0 bridgehead atoms. The van der Waals surface area contributed by atoms with Crippen LogP contribution in [0.25, 0.3) is 0 Å². The summed E-state index contributed by atoms with van der Waals surface area (Å²) in [5, 5.41) is 15.6. The molecule has 90 valence electrons. The molecule has 0 radical (unpaired) electrons.